The number of rotatable bonds is 3. The molecule has 15 rings (SSSR count). The van der Waals surface area contributed by atoms with Crippen LogP contribution in [0.2, 0.25) is 0 Å². The molecule has 2 heterocycles. The molecular formula is C64H41NO2. The highest BCUT2D eigenvalue weighted by Crippen LogP contribution is 2.63. The van der Waals surface area contributed by atoms with E-state index >= 15 is 0 Å². The summed E-state index contributed by atoms with van der Waals surface area (Å²) >= 11 is 0. The number of furan rings is 2. The van der Waals surface area contributed by atoms with Gasteiger partial charge in [-0.25, -0.2) is 0 Å². The molecular weight excluding hydrogens is 815 g/mol. The van der Waals surface area contributed by atoms with Gasteiger partial charge >= 0.3 is 0 Å². The fourth-order valence-electron chi connectivity index (χ4n) is 12.6. The molecule has 67 heavy (non-hydrogen) atoms. The minimum absolute atomic E-state index is 0.182. The molecule has 0 amide bonds. The van der Waals surface area contributed by atoms with Crippen molar-refractivity contribution in [2.24, 2.45) is 0 Å². The monoisotopic (exact) mass is 855 g/mol. The van der Waals surface area contributed by atoms with E-state index in [0.717, 1.165) is 60.9 Å². The Bertz CT molecular complexity index is 4110. The first-order chi connectivity index (χ1) is 33.0. The minimum atomic E-state index is -0.671. The second kappa shape index (κ2) is 13.1. The Kier molecular flexibility index (Phi) is 7.22. The molecule has 314 valence electrons. The summed E-state index contributed by atoms with van der Waals surface area (Å²) in [6.45, 7) is 4.72. The van der Waals surface area contributed by atoms with E-state index in [-0.39, 0.29) is 5.41 Å². The molecule has 1 spiro atoms. The van der Waals surface area contributed by atoms with Gasteiger partial charge in [-0.15, -0.1) is 0 Å². The van der Waals surface area contributed by atoms with Crippen LogP contribution in [0.25, 0.3) is 88.4 Å². The first kappa shape index (κ1) is 36.9. The maximum Gasteiger partial charge on any atom is 0.159 e. The SMILES string of the molecule is CC1(C)c2ccccc2-c2ccc(N(c3ccc4c(c3)-c3ccccc3-c3ccccc3C43c4ccccc4-c4cc5c(cc43)oc3ccccc35)c3cccc4c3oc3ccccc34)cc21. The van der Waals surface area contributed by atoms with Crippen molar-refractivity contribution in [1.82, 2.24) is 0 Å². The van der Waals surface area contributed by atoms with Crippen LogP contribution in [-0.4, -0.2) is 0 Å². The fourth-order valence-corrected chi connectivity index (χ4v) is 12.6. The molecule has 1 unspecified atom stereocenters. The van der Waals surface area contributed by atoms with Crippen LogP contribution in [0.4, 0.5) is 17.1 Å². The van der Waals surface area contributed by atoms with Gasteiger partial charge in [0.25, 0.3) is 0 Å². The van der Waals surface area contributed by atoms with Gasteiger partial charge in [0, 0.05) is 38.3 Å². The Labute approximate surface area is 387 Å². The standard InChI is InChI=1S/C64H41NO2/c1-63(2)52-24-10-5-19-43(52)45-32-30-39(35-56(45)63)65(58-27-15-23-48-46-21-8-14-29-60(46)67-62(48)58)38-31-33-55-49(34-38)41-17-4-3-16-40(41)42-18-6-11-25-53(42)64(55)54-26-12-7-20-44(54)50-36-51-47-22-9-13-28-59(47)66-61(51)37-57(50)64/h3-37H,1-2H3. The number of hydrogen-bond donors (Lipinski definition) is 0. The molecule has 3 nitrogen and oxygen atoms in total. The molecule has 3 aliphatic rings. The van der Waals surface area contributed by atoms with E-state index in [1.54, 1.807) is 0 Å². The Morgan fingerprint density at radius 3 is 1.57 bits per heavy atom. The van der Waals surface area contributed by atoms with Gasteiger partial charge < -0.3 is 13.7 Å². The van der Waals surface area contributed by atoms with Crippen LogP contribution in [0.3, 0.4) is 0 Å². The molecule has 0 bridgehead atoms. The molecule has 0 aliphatic heterocycles. The Morgan fingerprint density at radius 2 is 0.821 bits per heavy atom. The van der Waals surface area contributed by atoms with Crippen molar-refractivity contribution in [2.45, 2.75) is 24.7 Å². The smallest absolute Gasteiger partial charge is 0.159 e. The predicted octanol–water partition coefficient (Wildman–Crippen LogP) is 17.3. The quantitative estimate of drug-likeness (QED) is 0.177. The predicted molar refractivity (Wildman–Crippen MR) is 275 cm³/mol. The highest BCUT2D eigenvalue weighted by molar-refractivity contribution is 6.12. The van der Waals surface area contributed by atoms with Crippen LogP contribution in [-0.2, 0) is 10.8 Å². The van der Waals surface area contributed by atoms with Crippen molar-refractivity contribution in [3.63, 3.8) is 0 Å². The number of nitrogens with zero attached hydrogens (tertiary/aromatic N) is 1. The first-order valence-corrected chi connectivity index (χ1v) is 23.3. The average molecular weight is 856 g/mol. The zero-order valence-corrected chi connectivity index (χ0v) is 37.0. The van der Waals surface area contributed by atoms with Gasteiger partial charge in [-0.2, -0.15) is 0 Å². The van der Waals surface area contributed by atoms with Gasteiger partial charge in [0.15, 0.2) is 5.58 Å². The van der Waals surface area contributed by atoms with Crippen molar-refractivity contribution in [3.8, 4) is 44.5 Å². The van der Waals surface area contributed by atoms with E-state index in [2.05, 4.69) is 231 Å². The van der Waals surface area contributed by atoms with Crippen molar-refractivity contribution < 1.29 is 8.83 Å². The van der Waals surface area contributed by atoms with Gasteiger partial charge in [-0.1, -0.05) is 172 Å². The summed E-state index contributed by atoms with van der Waals surface area (Å²) in [4.78, 5) is 2.44. The third-order valence-electron chi connectivity index (χ3n) is 15.5. The molecule has 3 aliphatic carbocycles. The lowest BCUT2D eigenvalue weighted by molar-refractivity contribution is 0.660. The summed E-state index contributed by atoms with van der Waals surface area (Å²) in [5.74, 6) is 0. The zero-order valence-electron chi connectivity index (χ0n) is 37.0. The van der Waals surface area contributed by atoms with Crippen LogP contribution >= 0.6 is 0 Å². The largest absolute Gasteiger partial charge is 0.456 e. The van der Waals surface area contributed by atoms with E-state index in [9.17, 15) is 0 Å². The third kappa shape index (κ3) is 4.75. The molecule has 0 saturated heterocycles. The van der Waals surface area contributed by atoms with Crippen molar-refractivity contribution in [2.75, 3.05) is 4.90 Å². The maximum atomic E-state index is 6.88. The van der Waals surface area contributed by atoms with Gasteiger partial charge in [0.2, 0.25) is 0 Å². The van der Waals surface area contributed by atoms with Crippen molar-refractivity contribution in [3.05, 3.63) is 246 Å². The lowest BCUT2D eigenvalue weighted by atomic mass is 9.66. The molecule has 0 radical (unpaired) electrons. The summed E-state index contributed by atoms with van der Waals surface area (Å²) in [6.07, 6.45) is 0. The van der Waals surface area contributed by atoms with Crippen molar-refractivity contribution in [1.29, 1.82) is 0 Å². The molecule has 1 atom stereocenters. The van der Waals surface area contributed by atoms with E-state index in [0.29, 0.717) is 0 Å². The maximum absolute atomic E-state index is 6.88. The Hall–Kier alpha value is -8.40. The number of hydrogen-bond acceptors (Lipinski definition) is 3. The molecule has 0 N–H and O–H groups in total. The second-order valence-electron chi connectivity index (χ2n) is 19.1. The summed E-state index contributed by atoms with van der Waals surface area (Å²) in [7, 11) is 0. The van der Waals surface area contributed by atoms with Gasteiger partial charge in [0.1, 0.15) is 16.7 Å². The zero-order chi connectivity index (χ0) is 44.2. The van der Waals surface area contributed by atoms with E-state index in [1.807, 2.05) is 0 Å². The number of fused-ring (bicyclic) bond motifs is 21. The van der Waals surface area contributed by atoms with Crippen LogP contribution in [0.1, 0.15) is 47.2 Å². The van der Waals surface area contributed by atoms with Crippen LogP contribution in [0.5, 0.6) is 0 Å². The Balaban J connectivity index is 1.05. The lowest BCUT2D eigenvalue weighted by Crippen LogP contribution is -2.29. The van der Waals surface area contributed by atoms with Crippen LogP contribution < -0.4 is 4.90 Å². The highest BCUT2D eigenvalue weighted by Gasteiger charge is 2.50. The first-order valence-electron chi connectivity index (χ1n) is 23.3. The molecule has 0 fully saturated rings. The summed E-state index contributed by atoms with van der Waals surface area (Å²) in [5.41, 5.74) is 23.4. The van der Waals surface area contributed by atoms with E-state index < -0.39 is 5.41 Å². The minimum Gasteiger partial charge on any atom is -0.456 e. The molecule has 3 heteroatoms. The molecule has 12 aromatic rings. The van der Waals surface area contributed by atoms with Gasteiger partial charge in [-0.05, 0) is 132 Å². The summed E-state index contributed by atoms with van der Waals surface area (Å²) in [6, 6.07) is 78.5. The topological polar surface area (TPSA) is 29.5 Å². The van der Waals surface area contributed by atoms with Gasteiger partial charge in [0.05, 0.1) is 11.1 Å². The van der Waals surface area contributed by atoms with Crippen molar-refractivity contribution >= 4 is 60.9 Å². The van der Waals surface area contributed by atoms with Crippen LogP contribution in [0, 0.1) is 0 Å². The Morgan fingerprint density at radius 1 is 0.313 bits per heavy atom. The number of anilines is 3. The molecule has 10 aromatic carbocycles. The van der Waals surface area contributed by atoms with Gasteiger partial charge in [-0.3, -0.25) is 0 Å². The normalized spacial score (nSPS) is 15.8. The number of para-hydroxylation sites is 3. The fraction of sp³-hybridized carbons (Fsp3) is 0.0625. The molecule has 0 saturated carbocycles. The summed E-state index contributed by atoms with van der Waals surface area (Å²) < 4.78 is 13.6. The summed E-state index contributed by atoms with van der Waals surface area (Å²) in [5, 5.41) is 4.48. The lowest BCUT2D eigenvalue weighted by Gasteiger charge is -2.36. The number of benzene rings is 10. The van der Waals surface area contributed by atoms with E-state index in [4.69, 9.17) is 8.83 Å². The average Bonchev–Trinajstić information content (AvgIpc) is 4.07. The second-order valence-corrected chi connectivity index (χ2v) is 19.1. The third-order valence-corrected chi connectivity index (χ3v) is 15.5. The molecule has 2 aromatic heterocycles. The van der Waals surface area contributed by atoms with Crippen LogP contribution in [0.15, 0.2) is 221 Å². The highest BCUT2D eigenvalue weighted by atomic mass is 16.3. The van der Waals surface area contributed by atoms with E-state index in [1.165, 1.54) is 77.9 Å².